The molecule has 1 aliphatic carbocycles. The van der Waals surface area contributed by atoms with Gasteiger partial charge in [-0.2, -0.15) is 0 Å². The van der Waals surface area contributed by atoms with Crippen LogP contribution in [0.3, 0.4) is 0 Å². The van der Waals surface area contributed by atoms with E-state index in [1.165, 1.54) is 5.57 Å². The number of hydrogen-bond donors (Lipinski definition) is 1. The van der Waals surface area contributed by atoms with Crippen molar-refractivity contribution in [3.63, 3.8) is 0 Å². The number of allylic oxidation sites excluding steroid dienone is 4. The zero-order valence-corrected chi connectivity index (χ0v) is 7.96. The van der Waals surface area contributed by atoms with Crippen LogP contribution in [0.5, 0.6) is 0 Å². The Morgan fingerprint density at radius 1 is 1.58 bits per heavy atom. The molecule has 1 unspecified atom stereocenters. The Balaban J connectivity index is 2.44. The second-order valence-electron chi connectivity index (χ2n) is 3.73. The van der Waals surface area contributed by atoms with E-state index in [-0.39, 0.29) is 0 Å². The number of rotatable bonds is 3. The highest BCUT2D eigenvalue weighted by Crippen LogP contribution is 2.23. The largest absolute Gasteiger partial charge is 0.396 e. The van der Waals surface area contributed by atoms with Crippen LogP contribution in [0.2, 0.25) is 0 Å². The average Bonchev–Trinajstić information content (AvgIpc) is 2.06. The molecule has 0 bridgehead atoms. The second-order valence-corrected chi connectivity index (χ2v) is 3.73. The molecule has 1 heteroatoms. The first-order valence-corrected chi connectivity index (χ1v) is 4.73. The smallest absolute Gasteiger partial charge is 0.0436 e. The van der Waals surface area contributed by atoms with Crippen molar-refractivity contribution in [2.24, 2.45) is 11.8 Å². The molecule has 0 heterocycles. The van der Waals surface area contributed by atoms with Crippen LogP contribution in [0, 0.1) is 11.8 Å². The van der Waals surface area contributed by atoms with E-state index in [9.17, 15) is 0 Å². The lowest BCUT2D eigenvalue weighted by atomic mass is 9.90. The predicted molar refractivity (Wildman–Crippen MR) is 51.9 cm³/mol. The molecular weight excluding hydrogens is 148 g/mol. The van der Waals surface area contributed by atoms with Gasteiger partial charge in [0.15, 0.2) is 0 Å². The molecule has 1 atom stereocenters. The molecule has 0 aromatic rings. The standard InChI is InChI=1S/C11H18O/c1-9(2)11-5-3-10(4-6-11)7-8-12/h3,5-6,9-10,12H,4,7-8H2,1-2H3. The van der Waals surface area contributed by atoms with Crippen molar-refractivity contribution in [1.29, 1.82) is 0 Å². The SMILES string of the molecule is CC(C)C1=CCC(CCO)C=C1. The Labute approximate surface area is 74.8 Å². The van der Waals surface area contributed by atoms with E-state index >= 15 is 0 Å². The van der Waals surface area contributed by atoms with Crippen LogP contribution in [0.15, 0.2) is 23.8 Å². The van der Waals surface area contributed by atoms with Crippen LogP contribution in [0.1, 0.15) is 26.7 Å². The molecule has 1 N–H and O–H groups in total. The first kappa shape index (κ1) is 9.53. The summed E-state index contributed by atoms with van der Waals surface area (Å²) in [5, 5.41) is 8.74. The Morgan fingerprint density at radius 2 is 2.33 bits per heavy atom. The maximum absolute atomic E-state index is 8.74. The molecule has 12 heavy (non-hydrogen) atoms. The summed E-state index contributed by atoms with van der Waals surface area (Å²) in [5.41, 5.74) is 1.43. The molecule has 0 radical (unpaired) electrons. The highest BCUT2D eigenvalue weighted by molar-refractivity contribution is 5.25. The minimum Gasteiger partial charge on any atom is -0.396 e. The van der Waals surface area contributed by atoms with Crippen LogP contribution >= 0.6 is 0 Å². The summed E-state index contributed by atoms with van der Waals surface area (Å²) in [5.74, 6) is 1.20. The third-order valence-corrected chi connectivity index (χ3v) is 2.38. The fourth-order valence-electron chi connectivity index (χ4n) is 1.49. The van der Waals surface area contributed by atoms with Gasteiger partial charge in [-0.05, 0) is 30.3 Å². The summed E-state index contributed by atoms with van der Waals surface area (Å²) in [6, 6.07) is 0. The number of aliphatic hydroxyl groups is 1. The topological polar surface area (TPSA) is 20.2 Å². The van der Waals surface area contributed by atoms with E-state index in [1.54, 1.807) is 0 Å². The maximum Gasteiger partial charge on any atom is 0.0436 e. The summed E-state index contributed by atoms with van der Waals surface area (Å²) in [7, 11) is 0. The van der Waals surface area contributed by atoms with E-state index in [0.717, 1.165) is 12.8 Å². The van der Waals surface area contributed by atoms with Crippen molar-refractivity contribution in [3.8, 4) is 0 Å². The summed E-state index contributed by atoms with van der Waals surface area (Å²) >= 11 is 0. The second kappa shape index (κ2) is 4.46. The van der Waals surface area contributed by atoms with Gasteiger partial charge in [0.1, 0.15) is 0 Å². The van der Waals surface area contributed by atoms with Gasteiger partial charge in [-0.3, -0.25) is 0 Å². The zero-order valence-electron chi connectivity index (χ0n) is 7.96. The van der Waals surface area contributed by atoms with E-state index in [4.69, 9.17) is 5.11 Å². The quantitative estimate of drug-likeness (QED) is 0.683. The molecule has 68 valence electrons. The summed E-state index contributed by atoms with van der Waals surface area (Å²) in [6.07, 6.45) is 8.73. The molecule has 0 aromatic carbocycles. The normalized spacial score (nSPS) is 23.0. The van der Waals surface area contributed by atoms with Gasteiger partial charge in [0.25, 0.3) is 0 Å². The van der Waals surface area contributed by atoms with Gasteiger partial charge in [0.2, 0.25) is 0 Å². The monoisotopic (exact) mass is 166 g/mol. The maximum atomic E-state index is 8.74. The van der Waals surface area contributed by atoms with Crippen molar-refractivity contribution in [1.82, 2.24) is 0 Å². The van der Waals surface area contributed by atoms with E-state index in [2.05, 4.69) is 32.1 Å². The fourth-order valence-corrected chi connectivity index (χ4v) is 1.49. The Morgan fingerprint density at radius 3 is 2.75 bits per heavy atom. The van der Waals surface area contributed by atoms with Crippen molar-refractivity contribution >= 4 is 0 Å². The van der Waals surface area contributed by atoms with Crippen molar-refractivity contribution in [2.45, 2.75) is 26.7 Å². The Bertz CT molecular complexity index is 189. The molecule has 0 aliphatic heterocycles. The summed E-state index contributed by atoms with van der Waals surface area (Å²) in [4.78, 5) is 0. The van der Waals surface area contributed by atoms with Gasteiger partial charge in [0, 0.05) is 6.61 Å². The summed E-state index contributed by atoms with van der Waals surface area (Å²) in [6.45, 7) is 4.73. The third-order valence-electron chi connectivity index (χ3n) is 2.38. The van der Waals surface area contributed by atoms with Crippen LogP contribution in [0.4, 0.5) is 0 Å². The molecule has 0 fully saturated rings. The van der Waals surface area contributed by atoms with Crippen LogP contribution in [-0.2, 0) is 0 Å². The molecular formula is C11H18O. The number of aliphatic hydroxyl groups excluding tert-OH is 1. The first-order chi connectivity index (χ1) is 5.74. The molecule has 1 aliphatic rings. The highest BCUT2D eigenvalue weighted by atomic mass is 16.3. The van der Waals surface area contributed by atoms with Gasteiger partial charge in [-0.1, -0.05) is 32.1 Å². The van der Waals surface area contributed by atoms with Gasteiger partial charge in [-0.25, -0.2) is 0 Å². The van der Waals surface area contributed by atoms with E-state index in [0.29, 0.717) is 18.4 Å². The van der Waals surface area contributed by atoms with Crippen molar-refractivity contribution in [2.75, 3.05) is 6.61 Å². The average molecular weight is 166 g/mol. The fraction of sp³-hybridized carbons (Fsp3) is 0.636. The molecule has 0 spiro atoms. The van der Waals surface area contributed by atoms with Crippen molar-refractivity contribution < 1.29 is 5.11 Å². The Hall–Kier alpha value is -0.560. The first-order valence-electron chi connectivity index (χ1n) is 4.73. The zero-order chi connectivity index (χ0) is 8.97. The molecule has 0 amide bonds. The molecule has 1 nitrogen and oxygen atoms in total. The molecule has 0 saturated heterocycles. The van der Waals surface area contributed by atoms with Gasteiger partial charge in [-0.15, -0.1) is 0 Å². The van der Waals surface area contributed by atoms with Gasteiger partial charge >= 0.3 is 0 Å². The predicted octanol–water partition coefficient (Wildman–Crippen LogP) is 2.53. The number of hydrogen-bond acceptors (Lipinski definition) is 1. The van der Waals surface area contributed by atoms with E-state index < -0.39 is 0 Å². The van der Waals surface area contributed by atoms with Gasteiger partial charge < -0.3 is 5.11 Å². The lowest BCUT2D eigenvalue weighted by molar-refractivity contribution is 0.270. The van der Waals surface area contributed by atoms with Crippen LogP contribution in [-0.4, -0.2) is 11.7 Å². The molecule has 0 aromatic heterocycles. The van der Waals surface area contributed by atoms with Gasteiger partial charge in [0.05, 0.1) is 0 Å². The van der Waals surface area contributed by atoms with Crippen LogP contribution < -0.4 is 0 Å². The minimum absolute atomic E-state index is 0.305. The van der Waals surface area contributed by atoms with Crippen molar-refractivity contribution in [3.05, 3.63) is 23.8 Å². The molecule has 0 saturated carbocycles. The third kappa shape index (κ3) is 2.49. The minimum atomic E-state index is 0.305. The lowest BCUT2D eigenvalue weighted by Crippen LogP contribution is -2.04. The molecule has 1 rings (SSSR count). The highest BCUT2D eigenvalue weighted by Gasteiger charge is 2.09. The van der Waals surface area contributed by atoms with E-state index in [1.807, 2.05) is 0 Å². The summed E-state index contributed by atoms with van der Waals surface area (Å²) < 4.78 is 0. The Kier molecular flexibility index (Phi) is 3.54. The lowest BCUT2D eigenvalue weighted by Gasteiger charge is -2.16. The van der Waals surface area contributed by atoms with Crippen LogP contribution in [0.25, 0.3) is 0 Å².